The van der Waals surface area contributed by atoms with E-state index < -0.39 is 0 Å². The molecule has 2 aliphatic rings. The van der Waals surface area contributed by atoms with Crippen LogP contribution < -0.4 is 10.2 Å². The van der Waals surface area contributed by atoms with Gasteiger partial charge in [-0.2, -0.15) is 0 Å². The molecule has 2 unspecified atom stereocenters. The van der Waals surface area contributed by atoms with E-state index in [2.05, 4.69) is 21.3 Å². The first-order valence-electron chi connectivity index (χ1n) is 14.0. The molecule has 0 aliphatic carbocycles. The number of pyridine rings is 1. The molecule has 1 saturated heterocycles. The maximum Gasteiger partial charge on any atom is 0.326 e. The highest BCUT2D eigenvalue weighted by atomic mass is 35.5. The first kappa shape index (κ1) is 29.5. The number of fused-ring (bicyclic) bond motifs is 1. The number of aromatic nitrogens is 1. The van der Waals surface area contributed by atoms with Gasteiger partial charge in [0.15, 0.2) is 0 Å². The fourth-order valence-electron chi connectivity index (χ4n) is 6.19. The number of halogens is 3. The number of anilines is 2. The Morgan fingerprint density at radius 1 is 0.953 bits per heavy atom. The van der Waals surface area contributed by atoms with Gasteiger partial charge in [-0.3, -0.25) is 19.6 Å². The van der Waals surface area contributed by atoms with E-state index in [9.17, 15) is 9.59 Å². The van der Waals surface area contributed by atoms with Gasteiger partial charge in [0.1, 0.15) is 0 Å². The minimum absolute atomic E-state index is 0.0128. The molecule has 2 amide bonds. The molecule has 6 rings (SSSR count). The normalized spacial score (nSPS) is 18.3. The summed E-state index contributed by atoms with van der Waals surface area (Å²) in [5, 5.41) is 4.29. The third-order valence-electron chi connectivity index (χ3n) is 8.19. The van der Waals surface area contributed by atoms with E-state index in [1.807, 2.05) is 42.5 Å². The molecule has 1 fully saturated rings. The summed E-state index contributed by atoms with van der Waals surface area (Å²) in [5.74, 6) is -0.295. The zero-order chi connectivity index (χ0) is 30.1. The summed E-state index contributed by atoms with van der Waals surface area (Å²) in [6, 6.07) is 20.7. The standard InChI is InChI=1S/C33H29Cl3N4O3/c1-43-31(41)15-22-18-39(17-20-9-11-37-12-10-20)19-26(22)21-13-24(23-5-2-3-6-27(23)34)25-16-38-33(42)40(30(25)14-21)32-28(35)7-4-8-29(32)36/h2-14,22,26H,15-19H2,1H3,(H,38,42). The number of methoxy groups -OCH3 is 1. The van der Waals surface area contributed by atoms with Gasteiger partial charge in [0.25, 0.3) is 0 Å². The van der Waals surface area contributed by atoms with E-state index >= 15 is 0 Å². The van der Waals surface area contributed by atoms with Crippen molar-refractivity contribution in [3.8, 4) is 11.1 Å². The van der Waals surface area contributed by atoms with Gasteiger partial charge in [-0.05, 0) is 59.0 Å². The Kier molecular flexibility index (Phi) is 8.59. The van der Waals surface area contributed by atoms with Crippen molar-refractivity contribution in [2.45, 2.75) is 25.4 Å². The molecule has 2 aliphatic heterocycles. The zero-order valence-corrected chi connectivity index (χ0v) is 25.7. The Morgan fingerprint density at radius 2 is 1.67 bits per heavy atom. The minimum atomic E-state index is -0.332. The van der Waals surface area contributed by atoms with Gasteiger partial charge in [-0.15, -0.1) is 0 Å². The molecule has 7 nitrogen and oxygen atoms in total. The summed E-state index contributed by atoms with van der Waals surface area (Å²) in [6.45, 7) is 2.45. The van der Waals surface area contributed by atoms with Gasteiger partial charge in [-0.1, -0.05) is 65.1 Å². The third kappa shape index (κ3) is 5.95. The Balaban J connectivity index is 1.51. The number of carbonyl (C=O) groups is 2. The molecule has 220 valence electrons. The van der Waals surface area contributed by atoms with Crippen LogP contribution in [0.3, 0.4) is 0 Å². The monoisotopic (exact) mass is 634 g/mol. The molecule has 1 N–H and O–H groups in total. The number of para-hydroxylation sites is 1. The fourth-order valence-corrected chi connectivity index (χ4v) is 7.00. The molecule has 0 spiro atoms. The lowest BCUT2D eigenvalue weighted by molar-refractivity contribution is -0.141. The summed E-state index contributed by atoms with van der Waals surface area (Å²) in [6.07, 6.45) is 3.84. The Morgan fingerprint density at radius 3 is 2.40 bits per heavy atom. The highest BCUT2D eigenvalue weighted by Crippen LogP contribution is 2.47. The molecule has 3 heterocycles. The molecule has 1 aromatic heterocycles. The number of hydrogen-bond acceptors (Lipinski definition) is 5. The number of benzene rings is 3. The van der Waals surface area contributed by atoms with E-state index in [0.29, 0.717) is 46.1 Å². The molecule has 43 heavy (non-hydrogen) atoms. The van der Waals surface area contributed by atoms with Crippen molar-refractivity contribution in [1.29, 1.82) is 0 Å². The number of hydrogen-bond donors (Lipinski definition) is 1. The predicted molar refractivity (Wildman–Crippen MR) is 170 cm³/mol. The van der Waals surface area contributed by atoms with Crippen LogP contribution in [0.4, 0.5) is 16.2 Å². The lowest BCUT2D eigenvalue weighted by atomic mass is 9.83. The van der Waals surface area contributed by atoms with Crippen LogP contribution >= 0.6 is 34.8 Å². The molecule has 0 saturated carbocycles. The number of nitrogens with one attached hydrogen (secondary N) is 1. The van der Waals surface area contributed by atoms with Gasteiger partial charge in [0.2, 0.25) is 0 Å². The van der Waals surface area contributed by atoms with Crippen LogP contribution in [0.15, 0.2) is 79.1 Å². The number of amides is 2. The van der Waals surface area contributed by atoms with Crippen LogP contribution in [0.2, 0.25) is 15.1 Å². The number of carbonyl (C=O) groups excluding carboxylic acids is 2. The Labute approximate surface area is 265 Å². The van der Waals surface area contributed by atoms with Gasteiger partial charge < -0.3 is 10.1 Å². The number of urea groups is 1. The summed E-state index contributed by atoms with van der Waals surface area (Å²) < 4.78 is 5.09. The minimum Gasteiger partial charge on any atom is -0.469 e. The van der Waals surface area contributed by atoms with Crippen LogP contribution in [0.5, 0.6) is 0 Å². The lowest BCUT2D eigenvalue weighted by Gasteiger charge is -2.34. The molecule has 0 bridgehead atoms. The van der Waals surface area contributed by atoms with Gasteiger partial charge >= 0.3 is 12.0 Å². The summed E-state index contributed by atoms with van der Waals surface area (Å²) >= 11 is 20.1. The second-order valence-electron chi connectivity index (χ2n) is 10.8. The van der Waals surface area contributed by atoms with Gasteiger partial charge in [-0.25, -0.2) is 4.79 Å². The zero-order valence-electron chi connectivity index (χ0n) is 23.4. The van der Waals surface area contributed by atoms with Crippen molar-refractivity contribution < 1.29 is 14.3 Å². The number of rotatable bonds is 7. The average molecular weight is 636 g/mol. The van der Waals surface area contributed by atoms with E-state index in [4.69, 9.17) is 39.5 Å². The van der Waals surface area contributed by atoms with E-state index in [-0.39, 0.29) is 30.3 Å². The van der Waals surface area contributed by atoms with Crippen molar-refractivity contribution >= 4 is 58.2 Å². The number of esters is 1. The Hall–Kier alpha value is -3.62. The molecular formula is C33H29Cl3N4O3. The maximum atomic E-state index is 13.5. The fraction of sp³-hybridized carbons (Fsp3) is 0.242. The largest absolute Gasteiger partial charge is 0.469 e. The summed E-state index contributed by atoms with van der Waals surface area (Å²) in [5.41, 5.74) is 5.85. The number of likely N-dealkylation sites (tertiary alicyclic amines) is 1. The van der Waals surface area contributed by atoms with Gasteiger partial charge in [0.05, 0.1) is 35.0 Å². The number of nitrogens with zero attached hydrogens (tertiary/aromatic N) is 3. The third-order valence-corrected chi connectivity index (χ3v) is 9.13. The van der Waals surface area contributed by atoms with E-state index in [1.165, 1.54) is 7.11 Å². The summed E-state index contributed by atoms with van der Waals surface area (Å²) in [4.78, 5) is 34.1. The van der Waals surface area contributed by atoms with Gasteiger partial charge in [0, 0.05) is 60.6 Å². The van der Waals surface area contributed by atoms with Crippen molar-refractivity contribution in [2.24, 2.45) is 5.92 Å². The highest BCUT2D eigenvalue weighted by molar-refractivity contribution is 6.40. The predicted octanol–water partition coefficient (Wildman–Crippen LogP) is 7.85. The van der Waals surface area contributed by atoms with Crippen LogP contribution in [0.1, 0.15) is 29.0 Å². The van der Waals surface area contributed by atoms with Crippen LogP contribution in [0, 0.1) is 5.92 Å². The first-order chi connectivity index (χ1) is 20.8. The van der Waals surface area contributed by atoms with Crippen molar-refractivity contribution in [1.82, 2.24) is 15.2 Å². The summed E-state index contributed by atoms with van der Waals surface area (Å²) in [7, 11) is 1.42. The topological polar surface area (TPSA) is 74.8 Å². The van der Waals surface area contributed by atoms with Crippen LogP contribution in [-0.4, -0.2) is 42.1 Å². The molecular weight excluding hydrogens is 607 g/mol. The molecule has 2 atom stereocenters. The smallest absolute Gasteiger partial charge is 0.326 e. The number of ether oxygens (including phenoxy) is 1. The van der Waals surface area contributed by atoms with Crippen molar-refractivity contribution in [3.05, 3.63) is 111 Å². The SMILES string of the molecule is COC(=O)CC1CN(Cc2ccncc2)CC1c1cc(-c2ccccc2Cl)c2c(c1)N(c1c(Cl)cccc1Cl)C(=O)NC2. The first-order valence-corrected chi connectivity index (χ1v) is 15.1. The Bertz CT molecular complexity index is 1660. The lowest BCUT2D eigenvalue weighted by Crippen LogP contribution is -2.42. The van der Waals surface area contributed by atoms with Crippen LogP contribution in [-0.2, 0) is 22.6 Å². The van der Waals surface area contributed by atoms with Crippen LogP contribution in [0.25, 0.3) is 11.1 Å². The van der Waals surface area contributed by atoms with Crippen molar-refractivity contribution in [3.63, 3.8) is 0 Å². The van der Waals surface area contributed by atoms with Crippen molar-refractivity contribution in [2.75, 3.05) is 25.1 Å². The molecule has 10 heteroatoms. The molecule has 4 aromatic rings. The van der Waals surface area contributed by atoms with E-state index in [1.54, 1.807) is 35.5 Å². The highest BCUT2D eigenvalue weighted by Gasteiger charge is 2.38. The quantitative estimate of drug-likeness (QED) is 0.209. The second kappa shape index (κ2) is 12.5. The second-order valence-corrected chi connectivity index (χ2v) is 12.0. The maximum absolute atomic E-state index is 13.5. The molecule has 3 aromatic carbocycles. The van der Waals surface area contributed by atoms with E-state index in [0.717, 1.165) is 34.4 Å². The average Bonchev–Trinajstić information content (AvgIpc) is 3.39. The molecule has 0 radical (unpaired) electrons.